The van der Waals surface area contributed by atoms with Crippen molar-refractivity contribution in [2.24, 2.45) is 5.92 Å². The standard InChI is InChI=1S/C14H14BrN3O3/c15-9-1-2-10-11(3-9)14(21)18(13(10)20)7-12(19)17-6-8-4-16-5-8/h1-3,8,16H,4-7H2,(H,17,19). The van der Waals surface area contributed by atoms with Crippen molar-refractivity contribution in [3.05, 3.63) is 33.8 Å². The minimum Gasteiger partial charge on any atom is -0.354 e. The molecule has 0 radical (unpaired) electrons. The molecule has 0 bridgehead atoms. The molecular formula is C14H14BrN3O3. The zero-order chi connectivity index (χ0) is 15.0. The second-order valence-corrected chi connectivity index (χ2v) is 6.13. The summed E-state index contributed by atoms with van der Waals surface area (Å²) in [6, 6.07) is 4.91. The minimum absolute atomic E-state index is 0.232. The molecule has 21 heavy (non-hydrogen) atoms. The smallest absolute Gasteiger partial charge is 0.262 e. The van der Waals surface area contributed by atoms with Crippen LogP contribution in [0.1, 0.15) is 20.7 Å². The molecule has 2 N–H and O–H groups in total. The van der Waals surface area contributed by atoms with Crippen LogP contribution in [0.3, 0.4) is 0 Å². The highest BCUT2D eigenvalue weighted by Crippen LogP contribution is 2.25. The van der Waals surface area contributed by atoms with Crippen molar-refractivity contribution in [1.29, 1.82) is 0 Å². The third kappa shape index (κ3) is 2.71. The Labute approximate surface area is 130 Å². The Hall–Kier alpha value is -1.73. The molecule has 110 valence electrons. The first-order valence-corrected chi connectivity index (χ1v) is 7.48. The van der Waals surface area contributed by atoms with Gasteiger partial charge in [0.25, 0.3) is 11.8 Å². The lowest BCUT2D eigenvalue weighted by Crippen LogP contribution is -2.49. The highest BCUT2D eigenvalue weighted by atomic mass is 79.9. The molecule has 1 aromatic rings. The number of fused-ring (bicyclic) bond motifs is 1. The molecule has 1 fully saturated rings. The van der Waals surface area contributed by atoms with Crippen molar-refractivity contribution in [1.82, 2.24) is 15.5 Å². The molecule has 1 aromatic carbocycles. The Morgan fingerprint density at radius 2 is 2.00 bits per heavy atom. The van der Waals surface area contributed by atoms with Crippen molar-refractivity contribution in [2.45, 2.75) is 0 Å². The Balaban J connectivity index is 1.65. The summed E-state index contributed by atoms with van der Waals surface area (Å²) in [6.07, 6.45) is 0. The van der Waals surface area contributed by atoms with E-state index in [0.717, 1.165) is 22.5 Å². The maximum Gasteiger partial charge on any atom is 0.262 e. The molecule has 0 unspecified atom stereocenters. The van der Waals surface area contributed by atoms with Gasteiger partial charge in [0.2, 0.25) is 5.91 Å². The first-order valence-electron chi connectivity index (χ1n) is 6.69. The number of rotatable bonds is 4. The van der Waals surface area contributed by atoms with Gasteiger partial charge in [-0.25, -0.2) is 0 Å². The molecule has 0 aromatic heterocycles. The second-order valence-electron chi connectivity index (χ2n) is 5.21. The number of hydrogen-bond donors (Lipinski definition) is 2. The normalized spacial score (nSPS) is 17.7. The number of carbonyl (C=O) groups excluding carboxylic acids is 3. The van der Waals surface area contributed by atoms with E-state index in [-0.39, 0.29) is 12.5 Å². The van der Waals surface area contributed by atoms with Gasteiger partial charge in [0, 0.05) is 30.0 Å². The van der Waals surface area contributed by atoms with Crippen LogP contribution in [0.2, 0.25) is 0 Å². The summed E-state index contributed by atoms with van der Waals surface area (Å²) in [5, 5.41) is 5.87. The monoisotopic (exact) mass is 351 g/mol. The van der Waals surface area contributed by atoms with E-state index >= 15 is 0 Å². The largest absolute Gasteiger partial charge is 0.354 e. The molecule has 3 rings (SSSR count). The van der Waals surface area contributed by atoms with Crippen LogP contribution in [-0.4, -0.2) is 48.8 Å². The molecular weight excluding hydrogens is 338 g/mol. The van der Waals surface area contributed by atoms with Gasteiger partial charge >= 0.3 is 0 Å². The van der Waals surface area contributed by atoms with E-state index in [4.69, 9.17) is 0 Å². The molecule has 2 aliphatic rings. The lowest BCUT2D eigenvalue weighted by Gasteiger charge is -2.27. The summed E-state index contributed by atoms with van der Waals surface area (Å²) < 4.78 is 0.728. The molecule has 0 atom stereocenters. The quantitative estimate of drug-likeness (QED) is 0.768. The third-order valence-electron chi connectivity index (χ3n) is 3.69. The Kier molecular flexibility index (Phi) is 3.77. The van der Waals surface area contributed by atoms with E-state index < -0.39 is 11.8 Å². The Bertz CT molecular complexity index is 628. The van der Waals surface area contributed by atoms with Crippen LogP contribution in [0.25, 0.3) is 0 Å². The number of imide groups is 1. The first kappa shape index (κ1) is 14.2. The fourth-order valence-corrected chi connectivity index (χ4v) is 2.72. The Morgan fingerprint density at radius 1 is 1.29 bits per heavy atom. The molecule has 7 heteroatoms. The molecule has 6 nitrogen and oxygen atoms in total. The highest BCUT2D eigenvalue weighted by molar-refractivity contribution is 9.10. The topological polar surface area (TPSA) is 78.5 Å². The fraction of sp³-hybridized carbons (Fsp3) is 0.357. The van der Waals surface area contributed by atoms with Crippen molar-refractivity contribution in [3.8, 4) is 0 Å². The average molecular weight is 352 g/mol. The van der Waals surface area contributed by atoms with Gasteiger partial charge in [0.1, 0.15) is 6.54 Å². The van der Waals surface area contributed by atoms with Crippen LogP contribution in [-0.2, 0) is 4.79 Å². The molecule has 0 spiro atoms. The van der Waals surface area contributed by atoms with Gasteiger partial charge in [-0.3, -0.25) is 19.3 Å². The van der Waals surface area contributed by atoms with E-state index in [1.54, 1.807) is 18.2 Å². The molecule has 0 saturated carbocycles. The van der Waals surface area contributed by atoms with Crippen molar-refractivity contribution in [2.75, 3.05) is 26.2 Å². The first-order chi connectivity index (χ1) is 10.1. The zero-order valence-corrected chi connectivity index (χ0v) is 12.8. The number of benzene rings is 1. The molecule has 1 saturated heterocycles. The second kappa shape index (κ2) is 5.57. The minimum atomic E-state index is -0.420. The maximum absolute atomic E-state index is 12.2. The summed E-state index contributed by atoms with van der Waals surface area (Å²) in [4.78, 5) is 37.2. The third-order valence-corrected chi connectivity index (χ3v) is 4.18. The number of hydrogen-bond acceptors (Lipinski definition) is 4. The molecule has 2 aliphatic heterocycles. The van der Waals surface area contributed by atoms with Crippen LogP contribution in [0.15, 0.2) is 22.7 Å². The van der Waals surface area contributed by atoms with Crippen LogP contribution >= 0.6 is 15.9 Å². The summed E-state index contributed by atoms with van der Waals surface area (Å²) in [7, 11) is 0. The van der Waals surface area contributed by atoms with Gasteiger partial charge < -0.3 is 10.6 Å². The van der Waals surface area contributed by atoms with E-state index in [2.05, 4.69) is 26.6 Å². The maximum atomic E-state index is 12.2. The van der Waals surface area contributed by atoms with E-state index in [0.29, 0.717) is 23.6 Å². The van der Waals surface area contributed by atoms with Crippen molar-refractivity contribution < 1.29 is 14.4 Å². The van der Waals surface area contributed by atoms with Crippen LogP contribution < -0.4 is 10.6 Å². The predicted octanol–water partition coefficient (Wildman–Crippen LogP) is 0.381. The highest BCUT2D eigenvalue weighted by Gasteiger charge is 2.36. The predicted molar refractivity (Wildman–Crippen MR) is 78.9 cm³/mol. The lowest BCUT2D eigenvalue weighted by molar-refractivity contribution is -0.121. The Morgan fingerprint density at radius 3 is 2.67 bits per heavy atom. The number of nitrogens with zero attached hydrogens (tertiary/aromatic N) is 1. The van der Waals surface area contributed by atoms with E-state index in [1.165, 1.54) is 0 Å². The van der Waals surface area contributed by atoms with Gasteiger partial charge in [-0.1, -0.05) is 15.9 Å². The number of amides is 3. The van der Waals surface area contributed by atoms with Gasteiger partial charge in [-0.2, -0.15) is 0 Å². The number of nitrogens with one attached hydrogen (secondary N) is 2. The van der Waals surface area contributed by atoms with Gasteiger partial charge in [-0.05, 0) is 18.2 Å². The summed E-state index contributed by atoms with van der Waals surface area (Å²) in [5.74, 6) is -0.706. The molecule has 0 aliphatic carbocycles. The van der Waals surface area contributed by atoms with Crippen molar-refractivity contribution in [3.63, 3.8) is 0 Å². The SMILES string of the molecule is O=C(CN1C(=O)c2ccc(Br)cc2C1=O)NCC1CNC1. The fourth-order valence-electron chi connectivity index (χ4n) is 2.36. The van der Waals surface area contributed by atoms with Crippen LogP contribution in [0.4, 0.5) is 0 Å². The van der Waals surface area contributed by atoms with Gasteiger partial charge in [-0.15, -0.1) is 0 Å². The van der Waals surface area contributed by atoms with E-state index in [9.17, 15) is 14.4 Å². The summed E-state index contributed by atoms with van der Waals surface area (Å²) >= 11 is 3.27. The van der Waals surface area contributed by atoms with Gasteiger partial charge in [0.05, 0.1) is 11.1 Å². The number of carbonyl (C=O) groups is 3. The van der Waals surface area contributed by atoms with Crippen molar-refractivity contribution >= 4 is 33.7 Å². The summed E-state index contributed by atoms with van der Waals surface area (Å²) in [6.45, 7) is 2.12. The average Bonchev–Trinajstić information content (AvgIpc) is 2.62. The molecule has 2 heterocycles. The van der Waals surface area contributed by atoms with Crippen LogP contribution in [0.5, 0.6) is 0 Å². The zero-order valence-electron chi connectivity index (χ0n) is 11.2. The number of halogens is 1. The molecule has 3 amide bonds. The van der Waals surface area contributed by atoms with Crippen LogP contribution in [0, 0.1) is 5.92 Å². The van der Waals surface area contributed by atoms with E-state index in [1.807, 2.05) is 0 Å². The summed E-state index contributed by atoms with van der Waals surface area (Å²) in [5.41, 5.74) is 0.685. The van der Waals surface area contributed by atoms with Gasteiger partial charge in [0.15, 0.2) is 0 Å². The lowest BCUT2D eigenvalue weighted by atomic mass is 10.0.